The number of nitrogens with zero attached hydrogens (tertiary/aromatic N) is 3. The Morgan fingerprint density at radius 3 is 2.59 bits per heavy atom. The summed E-state index contributed by atoms with van der Waals surface area (Å²) in [5.41, 5.74) is 4.79. The monoisotopic (exact) mass is 455 g/mol. The lowest BCUT2D eigenvalue weighted by atomic mass is 9.89. The number of aromatic hydroxyl groups is 1. The van der Waals surface area contributed by atoms with E-state index in [1.807, 2.05) is 6.92 Å². The molecular formula is C27H29N5O2. The van der Waals surface area contributed by atoms with Crippen LogP contribution in [0.25, 0.3) is 22.3 Å². The molecule has 1 aliphatic heterocycles. The maximum atomic E-state index is 13.2. The van der Waals surface area contributed by atoms with Gasteiger partial charge < -0.3 is 15.3 Å². The Kier molecular flexibility index (Phi) is 6.27. The minimum Gasteiger partial charge on any atom is -0.508 e. The number of aromatic amines is 1. The van der Waals surface area contributed by atoms with Crippen molar-refractivity contribution in [1.29, 1.82) is 0 Å². The van der Waals surface area contributed by atoms with Gasteiger partial charge in [-0.05, 0) is 74.7 Å². The van der Waals surface area contributed by atoms with Gasteiger partial charge in [0.25, 0.3) is 5.91 Å². The molecule has 0 unspecified atom stereocenters. The summed E-state index contributed by atoms with van der Waals surface area (Å²) in [6.07, 6.45) is 2.29. The summed E-state index contributed by atoms with van der Waals surface area (Å²) < 4.78 is 0. The van der Waals surface area contributed by atoms with E-state index >= 15 is 0 Å². The smallest absolute Gasteiger partial charge is 0.252 e. The van der Waals surface area contributed by atoms with Crippen molar-refractivity contribution < 1.29 is 9.90 Å². The fourth-order valence-electron chi connectivity index (χ4n) is 4.78. The van der Waals surface area contributed by atoms with E-state index in [4.69, 9.17) is 0 Å². The zero-order valence-electron chi connectivity index (χ0n) is 19.3. The molecule has 0 aliphatic carbocycles. The van der Waals surface area contributed by atoms with Crippen molar-refractivity contribution in [2.24, 2.45) is 0 Å². The molecule has 7 heteroatoms. The first kappa shape index (κ1) is 22.1. The standard InChI is InChI=1S/C27H29N5O2/c1-18-25-23(17-24(29-26(25)31-30-18)21-7-9-22(33)10-8-21)27(34)28-13-16-32-14-11-20(12-15-32)19-5-3-2-4-6-19/h2-10,17,20,33H,11-16H2,1H3,(H,28,34)(H,29,30,31). The zero-order chi connectivity index (χ0) is 23.5. The molecule has 5 rings (SSSR count). The Bertz CT molecular complexity index is 1280. The van der Waals surface area contributed by atoms with E-state index in [1.165, 1.54) is 5.56 Å². The number of benzene rings is 2. The molecule has 1 aliphatic rings. The molecule has 1 fully saturated rings. The summed E-state index contributed by atoms with van der Waals surface area (Å²) in [7, 11) is 0. The largest absolute Gasteiger partial charge is 0.508 e. The lowest BCUT2D eigenvalue weighted by molar-refractivity contribution is 0.0947. The van der Waals surface area contributed by atoms with E-state index in [-0.39, 0.29) is 11.7 Å². The lowest BCUT2D eigenvalue weighted by Crippen LogP contribution is -2.39. The molecule has 34 heavy (non-hydrogen) atoms. The highest BCUT2D eigenvalue weighted by molar-refractivity contribution is 6.07. The number of amides is 1. The molecular weight excluding hydrogens is 426 g/mol. The second-order valence-electron chi connectivity index (χ2n) is 8.92. The predicted molar refractivity (Wildman–Crippen MR) is 133 cm³/mol. The summed E-state index contributed by atoms with van der Waals surface area (Å²) in [6, 6.07) is 19.3. The second kappa shape index (κ2) is 9.65. The van der Waals surface area contributed by atoms with Crippen LogP contribution in [0.1, 0.15) is 40.4 Å². The third kappa shape index (κ3) is 4.65. The first-order valence-electron chi connectivity index (χ1n) is 11.8. The molecule has 4 aromatic rings. The number of aryl methyl sites for hydroxylation is 1. The van der Waals surface area contributed by atoms with Crippen LogP contribution in [0, 0.1) is 6.92 Å². The predicted octanol–water partition coefficient (Wildman–Crippen LogP) is 4.25. The number of likely N-dealkylation sites (tertiary alicyclic amines) is 1. The molecule has 3 N–H and O–H groups in total. The van der Waals surface area contributed by atoms with Gasteiger partial charge in [-0.2, -0.15) is 5.10 Å². The van der Waals surface area contributed by atoms with Crippen molar-refractivity contribution in [3.8, 4) is 17.0 Å². The van der Waals surface area contributed by atoms with E-state index in [1.54, 1.807) is 30.3 Å². The Morgan fingerprint density at radius 2 is 1.85 bits per heavy atom. The third-order valence-electron chi connectivity index (χ3n) is 6.69. The molecule has 1 saturated heterocycles. The lowest BCUT2D eigenvalue weighted by Gasteiger charge is -2.32. The molecule has 0 atom stereocenters. The highest BCUT2D eigenvalue weighted by Gasteiger charge is 2.21. The Hall–Kier alpha value is -3.71. The highest BCUT2D eigenvalue weighted by atomic mass is 16.3. The molecule has 0 saturated carbocycles. The van der Waals surface area contributed by atoms with Gasteiger partial charge in [-0.15, -0.1) is 0 Å². The average molecular weight is 456 g/mol. The number of H-pyrrole nitrogens is 1. The van der Waals surface area contributed by atoms with Crippen molar-refractivity contribution in [1.82, 2.24) is 25.4 Å². The molecule has 3 heterocycles. The number of nitrogens with one attached hydrogen (secondary N) is 2. The van der Waals surface area contributed by atoms with Gasteiger partial charge in [0.1, 0.15) is 5.75 Å². The topological polar surface area (TPSA) is 94.1 Å². The second-order valence-corrected chi connectivity index (χ2v) is 8.92. The van der Waals surface area contributed by atoms with Crippen molar-refractivity contribution in [2.75, 3.05) is 26.2 Å². The van der Waals surface area contributed by atoms with Crippen LogP contribution in [0.5, 0.6) is 5.75 Å². The van der Waals surface area contributed by atoms with Crippen LogP contribution in [0.15, 0.2) is 60.7 Å². The van der Waals surface area contributed by atoms with E-state index in [0.29, 0.717) is 29.4 Å². The van der Waals surface area contributed by atoms with E-state index < -0.39 is 0 Å². The number of phenols is 1. The maximum absolute atomic E-state index is 13.2. The Balaban J connectivity index is 1.24. The Labute approximate surface area is 198 Å². The zero-order valence-corrected chi connectivity index (χ0v) is 19.3. The maximum Gasteiger partial charge on any atom is 0.252 e. The molecule has 0 radical (unpaired) electrons. The van der Waals surface area contributed by atoms with Crippen molar-refractivity contribution >= 4 is 16.9 Å². The fourth-order valence-corrected chi connectivity index (χ4v) is 4.78. The minimum atomic E-state index is -0.129. The molecule has 174 valence electrons. The van der Waals surface area contributed by atoms with Gasteiger partial charge in [-0.3, -0.25) is 9.89 Å². The molecule has 7 nitrogen and oxygen atoms in total. The summed E-state index contributed by atoms with van der Waals surface area (Å²) in [4.78, 5) is 20.2. The number of pyridine rings is 1. The molecule has 0 bridgehead atoms. The van der Waals surface area contributed by atoms with Crippen LogP contribution < -0.4 is 5.32 Å². The first-order valence-corrected chi connectivity index (χ1v) is 11.8. The minimum absolute atomic E-state index is 0.129. The van der Waals surface area contributed by atoms with Gasteiger partial charge in [0.05, 0.1) is 22.3 Å². The number of aromatic nitrogens is 3. The van der Waals surface area contributed by atoms with Crippen molar-refractivity contribution in [3.05, 3.63) is 77.5 Å². The number of rotatable bonds is 6. The van der Waals surface area contributed by atoms with E-state index in [2.05, 4.69) is 55.7 Å². The molecule has 2 aromatic heterocycles. The molecule has 0 spiro atoms. The first-order chi connectivity index (χ1) is 16.6. The highest BCUT2D eigenvalue weighted by Crippen LogP contribution is 2.28. The number of fused-ring (bicyclic) bond motifs is 1. The van der Waals surface area contributed by atoms with Crippen LogP contribution >= 0.6 is 0 Å². The van der Waals surface area contributed by atoms with E-state index in [9.17, 15) is 9.90 Å². The van der Waals surface area contributed by atoms with Crippen LogP contribution in [0.4, 0.5) is 0 Å². The van der Waals surface area contributed by atoms with Gasteiger partial charge in [0, 0.05) is 18.7 Å². The molecule has 1 amide bonds. The summed E-state index contributed by atoms with van der Waals surface area (Å²) in [5, 5.41) is 20.6. The average Bonchev–Trinajstić information content (AvgIpc) is 3.25. The van der Waals surface area contributed by atoms with Gasteiger partial charge in [0.15, 0.2) is 5.65 Å². The van der Waals surface area contributed by atoms with Gasteiger partial charge in [0.2, 0.25) is 0 Å². The van der Waals surface area contributed by atoms with Crippen molar-refractivity contribution in [3.63, 3.8) is 0 Å². The summed E-state index contributed by atoms with van der Waals surface area (Å²) in [5.74, 6) is 0.684. The Morgan fingerprint density at radius 1 is 1.12 bits per heavy atom. The number of carbonyl (C=O) groups is 1. The number of phenolic OH excluding ortho intramolecular Hbond substituents is 1. The molecule has 2 aromatic carbocycles. The summed E-state index contributed by atoms with van der Waals surface area (Å²) >= 11 is 0. The summed E-state index contributed by atoms with van der Waals surface area (Å²) in [6.45, 7) is 5.37. The number of hydrogen-bond acceptors (Lipinski definition) is 5. The van der Waals surface area contributed by atoms with Gasteiger partial charge in [-0.25, -0.2) is 4.98 Å². The van der Waals surface area contributed by atoms with Crippen LogP contribution in [0.2, 0.25) is 0 Å². The van der Waals surface area contributed by atoms with Crippen molar-refractivity contribution in [2.45, 2.75) is 25.7 Å². The van der Waals surface area contributed by atoms with Gasteiger partial charge >= 0.3 is 0 Å². The number of hydrogen-bond donors (Lipinski definition) is 3. The van der Waals surface area contributed by atoms with Crippen LogP contribution in [-0.4, -0.2) is 57.3 Å². The van der Waals surface area contributed by atoms with Gasteiger partial charge in [-0.1, -0.05) is 30.3 Å². The normalized spacial score (nSPS) is 15.0. The van der Waals surface area contributed by atoms with Crippen LogP contribution in [-0.2, 0) is 0 Å². The van der Waals surface area contributed by atoms with Crippen LogP contribution in [0.3, 0.4) is 0 Å². The number of piperidine rings is 1. The fraction of sp³-hybridized carbons (Fsp3) is 0.296. The number of carbonyl (C=O) groups excluding carboxylic acids is 1. The quantitative estimate of drug-likeness (QED) is 0.404. The third-order valence-corrected chi connectivity index (χ3v) is 6.69. The van der Waals surface area contributed by atoms with E-state index in [0.717, 1.165) is 49.1 Å². The SMILES string of the molecule is Cc1n[nH]c2nc(-c3ccc(O)cc3)cc(C(=O)NCCN3CCC(c4ccccc4)CC3)c12.